The maximum atomic E-state index is 11.0. The molecule has 0 aliphatic carbocycles. The molecule has 0 saturated heterocycles. The highest BCUT2D eigenvalue weighted by Gasteiger charge is 2.06. The van der Waals surface area contributed by atoms with Crippen LogP contribution in [0.1, 0.15) is 32.6 Å². The van der Waals surface area contributed by atoms with E-state index in [0.29, 0.717) is 18.7 Å². The summed E-state index contributed by atoms with van der Waals surface area (Å²) in [5.41, 5.74) is 5.59. The van der Waals surface area contributed by atoms with Crippen LogP contribution >= 0.6 is 0 Å². The van der Waals surface area contributed by atoms with Gasteiger partial charge in [0.2, 0.25) is 0 Å². The smallest absolute Gasteiger partial charge is 0.335 e. The van der Waals surface area contributed by atoms with Crippen molar-refractivity contribution in [3.63, 3.8) is 0 Å². The van der Waals surface area contributed by atoms with Gasteiger partial charge in [-0.25, -0.2) is 4.79 Å². The molecule has 0 aromatic heterocycles. The predicted octanol–water partition coefficient (Wildman–Crippen LogP) is 5.19. The molecule has 0 atom stereocenters. The van der Waals surface area contributed by atoms with Gasteiger partial charge in [-0.2, -0.15) is 0 Å². The van der Waals surface area contributed by atoms with E-state index in [9.17, 15) is 4.79 Å². The van der Waals surface area contributed by atoms with Crippen LogP contribution in [0.4, 0.5) is 5.69 Å². The molecule has 0 heterocycles. The molecule has 3 aromatic carbocycles. The first-order valence-electron chi connectivity index (χ1n) is 8.86. The fraction of sp³-hybridized carbons (Fsp3) is 0.174. The van der Waals surface area contributed by atoms with Gasteiger partial charge in [-0.3, -0.25) is 0 Å². The third-order valence-corrected chi connectivity index (χ3v) is 4.38. The normalized spacial score (nSPS) is 10.4. The summed E-state index contributed by atoms with van der Waals surface area (Å²) in [4.78, 5) is 11.0. The number of nitrogens with one attached hydrogen (secondary N) is 1. The summed E-state index contributed by atoms with van der Waals surface area (Å²) in [5.74, 6) is -0.0871. The molecule has 0 unspecified atom stereocenters. The molecule has 0 spiro atoms. The largest absolute Gasteiger partial charge is 0.489 e. The standard InChI is InChI=1S/C23H23NO3/c1-16-6-8-18(9-7-16)15-27-21-5-3-4-19(13-21)14-24-22-11-10-20(23(25)26)12-17(22)2/h3-13,24H,14-15H2,1-2H3,(H,25,26). The van der Waals surface area contributed by atoms with Gasteiger partial charge >= 0.3 is 5.97 Å². The van der Waals surface area contributed by atoms with E-state index in [4.69, 9.17) is 9.84 Å². The summed E-state index contributed by atoms with van der Waals surface area (Å²) in [6, 6.07) is 21.4. The lowest BCUT2D eigenvalue weighted by molar-refractivity contribution is 0.0697. The number of hydrogen-bond donors (Lipinski definition) is 2. The van der Waals surface area contributed by atoms with E-state index in [1.165, 1.54) is 5.56 Å². The molecule has 2 N–H and O–H groups in total. The van der Waals surface area contributed by atoms with Gasteiger partial charge in [0.1, 0.15) is 12.4 Å². The minimum Gasteiger partial charge on any atom is -0.489 e. The van der Waals surface area contributed by atoms with Crippen molar-refractivity contribution >= 4 is 11.7 Å². The Kier molecular flexibility index (Phi) is 5.77. The Morgan fingerprint density at radius 3 is 2.44 bits per heavy atom. The molecule has 4 nitrogen and oxygen atoms in total. The lowest BCUT2D eigenvalue weighted by Gasteiger charge is -2.12. The molecule has 0 aliphatic heterocycles. The average molecular weight is 361 g/mol. The third kappa shape index (κ3) is 5.11. The lowest BCUT2D eigenvalue weighted by Crippen LogP contribution is -2.03. The minimum atomic E-state index is -0.914. The summed E-state index contributed by atoms with van der Waals surface area (Å²) >= 11 is 0. The van der Waals surface area contributed by atoms with Crippen molar-refractivity contribution in [2.24, 2.45) is 0 Å². The zero-order valence-electron chi connectivity index (χ0n) is 15.5. The first kappa shape index (κ1) is 18.5. The highest BCUT2D eigenvalue weighted by atomic mass is 16.5. The first-order chi connectivity index (χ1) is 13.0. The van der Waals surface area contributed by atoms with Crippen molar-refractivity contribution in [3.05, 3.63) is 94.5 Å². The molecule has 27 heavy (non-hydrogen) atoms. The van der Waals surface area contributed by atoms with Gasteiger partial charge in [0, 0.05) is 12.2 Å². The predicted molar refractivity (Wildman–Crippen MR) is 107 cm³/mol. The lowest BCUT2D eigenvalue weighted by atomic mass is 10.1. The molecule has 0 aliphatic rings. The Labute approximate surface area is 159 Å². The summed E-state index contributed by atoms with van der Waals surface area (Å²) in [6.45, 7) is 5.13. The molecule has 0 saturated carbocycles. The van der Waals surface area contributed by atoms with Crippen LogP contribution in [-0.2, 0) is 13.2 Å². The van der Waals surface area contributed by atoms with E-state index >= 15 is 0 Å². The second-order valence-corrected chi connectivity index (χ2v) is 6.61. The van der Waals surface area contributed by atoms with Crippen LogP contribution in [0.25, 0.3) is 0 Å². The van der Waals surface area contributed by atoms with Gasteiger partial charge in [-0.05, 0) is 60.9 Å². The fourth-order valence-electron chi connectivity index (χ4n) is 2.79. The van der Waals surface area contributed by atoms with Gasteiger partial charge in [0.05, 0.1) is 5.56 Å². The second kappa shape index (κ2) is 8.41. The number of ether oxygens (including phenoxy) is 1. The van der Waals surface area contributed by atoms with Gasteiger partial charge in [-0.15, -0.1) is 0 Å². The Morgan fingerprint density at radius 1 is 0.963 bits per heavy atom. The average Bonchev–Trinajstić information content (AvgIpc) is 2.67. The maximum Gasteiger partial charge on any atom is 0.335 e. The van der Waals surface area contributed by atoms with Gasteiger partial charge in [-0.1, -0.05) is 42.0 Å². The van der Waals surface area contributed by atoms with Crippen molar-refractivity contribution in [1.29, 1.82) is 0 Å². The highest BCUT2D eigenvalue weighted by Crippen LogP contribution is 2.20. The van der Waals surface area contributed by atoms with Crippen molar-refractivity contribution in [3.8, 4) is 5.75 Å². The van der Waals surface area contributed by atoms with Crippen molar-refractivity contribution in [2.45, 2.75) is 27.0 Å². The van der Waals surface area contributed by atoms with E-state index in [1.54, 1.807) is 18.2 Å². The molecule has 0 bridgehead atoms. The molecule has 0 amide bonds. The molecule has 0 radical (unpaired) electrons. The molecular weight excluding hydrogens is 338 g/mol. The molecule has 3 rings (SSSR count). The van der Waals surface area contributed by atoms with Gasteiger partial charge in [0.25, 0.3) is 0 Å². The van der Waals surface area contributed by atoms with Crippen molar-refractivity contribution in [1.82, 2.24) is 0 Å². The number of anilines is 1. The number of aromatic carboxylic acids is 1. The highest BCUT2D eigenvalue weighted by molar-refractivity contribution is 5.88. The van der Waals surface area contributed by atoms with Crippen LogP contribution in [-0.4, -0.2) is 11.1 Å². The number of hydrogen-bond acceptors (Lipinski definition) is 3. The summed E-state index contributed by atoms with van der Waals surface area (Å²) in [7, 11) is 0. The van der Waals surface area contributed by atoms with Crippen molar-refractivity contribution < 1.29 is 14.6 Å². The molecule has 138 valence electrons. The van der Waals surface area contributed by atoms with Gasteiger partial charge in [0.15, 0.2) is 0 Å². The number of carboxylic acids is 1. The molecular formula is C23H23NO3. The Morgan fingerprint density at radius 2 is 1.74 bits per heavy atom. The quantitative estimate of drug-likeness (QED) is 0.608. The van der Waals surface area contributed by atoms with E-state index in [-0.39, 0.29) is 0 Å². The van der Waals surface area contributed by atoms with E-state index < -0.39 is 5.97 Å². The summed E-state index contributed by atoms with van der Waals surface area (Å²) < 4.78 is 5.90. The van der Waals surface area contributed by atoms with Crippen LogP contribution < -0.4 is 10.1 Å². The Hall–Kier alpha value is -3.27. The fourth-order valence-corrected chi connectivity index (χ4v) is 2.79. The summed E-state index contributed by atoms with van der Waals surface area (Å²) in [5, 5.41) is 12.4. The van der Waals surface area contributed by atoms with E-state index in [1.807, 2.05) is 31.2 Å². The number of rotatable bonds is 7. The van der Waals surface area contributed by atoms with E-state index in [0.717, 1.165) is 28.1 Å². The van der Waals surface area contributed by atoms with Crippen LogP contribution in [0, 0.1) is 13.8 Å². The zero-order chi connectivity index (χ0) is 19.2. The number of carbonyl (C=O) groups is 1. The van der Waals surface area contributed by atoms with Gasteiger partial charge < -0.3 is 15.2 Å². The summed E-state index contributed by atoms with van der Waals surface area (Å²) in [6.07, 6.45) is 0. The van der Waals surface area contributed by atoms with E-state index in [2.05, 4.69) is 36.5 Å². The number of benzene rings is 3. The van der Waals surface area contributed by atoms with Crippen LogP contribution in [0.3, 0.4) is 0 Å². The molecule has 4 heteroatoms. The number of carboxylic acid groups (broad SMARTS) is 1. The van der Waals surface area contributed by atoms with Crippen LogP contribution in [0.5, 0.6) is 5.75 Å². The molecule has 3 aromatic rings. The Balaban J connectivity index is 1.60. The zero-order valence-corrected chi connectivity index (χ0v) is 15.5. The van der Waals surface area contributed by atoms with Crippen LogP contribution in [0.2, 0.25) is 0 Å². The maximum absolute atomic E-state index is 11.0. The minimum absolute atomic E-state index is 0.296. The molecule has 0 fully saturated rings. The van der Waals surface area contributed by atoms with Crippen LogP contribution in [0.15, 0.2) is 66.7 Å². The SMILES string of the molecule is Cc1ccc(COc2cccc(CNc3ccc(C(=O)O)cc3C)c2)cc1. The monoisotopic (exact) mass is 361 g/mol. The topological polar surface area (TPSA) is 58.6 Å². The Bertz CT molecular complexity index is 933. The third-order valence-electron chi connectivity index (χ3n) is 4.38. The first-order valence-corrected chi connectivity index (χ1v) is 8.86. The second-order valence-electron chi connectivity index (χ2n) is 6.61. The van der Waals surface area contributed by atoms with Crippen molar-refractivity contribution in [2.75, 3.05) is 5.32 Å². The number of aryl methyl sites for hydroxylation is 2.